The van der Waals surface area contributed by atoms with Crippen LogP contribution in [0.25, 0.3) is 0 Å². The second-order valence-electron chi connectivity index (χ2n) is 3.73. The summed E-state index contributed by atoms with van der Waals surface area (Å²) in [6.45, 7) is 2.35. The van der Waals surface area contributed by atoms with Crippen LogP contribution in [0.4, 0.5) is 8.78 Å². The van der Waals surface area contributed by atoms with Gasteiger partial charge in [0.1, 0.15) is 0 Å². The molecule has 0 aliphatic heterocycles. The quantitative estimate of drug-likeness (QED) is 0.772. The van der Waals surface area contributed by atoms with Crippen molar-refractivity contribution in [3.63, 3.8) is 0 Å². The van der Waals surface area contributed by atoms with E-state index in [1.807, 2.05) is 0 Å². The van der Waals surface area contributed by atoms with Gasteiger partial charge in [0, 0.05) is 12.5 Å². The second kappa shape index (κ2) is 6.26. The van der Waals surface area contributed by atoms with Gasteiger partial charge in [-0.2, -0.15) is 8.78 Å². The molecule has 1 aromatic carbocycles. The van der Waals surface area contributed by atoms with E-state index in [1.54, 1.807) is 6.07 Å². The Kier molecular flexibility index (Phi) is 4.97. The van der Waals surface area contributed by atoms with Crippen molar-refractivity contribution in [3.8, 4) is 0 Å². The van der Waals surface area contributed by atoms with E-state index in [4.69, 9.17) is 0 Å². The van der Waals surface area contributed by atoms with Crippen molar-refractivity contribution in [2.75, 3.05) is 6.61 Å². The minimum Gasteiger partial charge on any atom is -0.463 e. The molecule has 104 valence electrons. The highest BCUT2D eigenvalue weighted by Gasteiger charge is 2.49. The summed E-state index contributed by atoms with van der Waals surface area (Å²) >= 11 is 0. The normalized spacial score (nSPS) is 12.6. The topological polar surface area (TPSA) is 52.6 Å². The molecule has 0 radical (unpaired) electrons. The van der Waals surface area contributed by atoms with Crippen LogP contribution in [0.3, 0.4) is 0 Å². The average Bonchev–Trinajstić information content (AvgIpc) is 2.37. The molecule has 0 saturated heterocycles. The number of halogens is 2. The minimum absolute atomic E-state index is 0.0819. The van der Waals surface area contributed by atoms with Gasteiger partial charge in [-0.25, -0.2) is 4.79 Å². The molecule has 1 unspecified atom stereocenters. The average molecular weight is 272 g/mol. The summed E-state index contributed by atoms with van der Waals surface area (Å²) in [5, 5.41) is 0. The van der Waals surface area contributed by atoms with Crippen molar-refractivity contribution in [2.24, 2.45) is 0 Å². The van der Waals surface area contributed by atoms with E-state index in [2.05, 4.69) is 9.47 Å². The predicted molar refractivity (Wildman–Crippen MR) is 62.5 cm³/mol. The van der Waals surface area contributed by atoms with E-state index in [-0.39, 0.29) is 6.61 Å². The maximum atomic E-state index is 14.2. The van der Waals surface area contributed by atoms with Crippen molar-refractivity contribution >= 4 is 11.9 Å². The van der Waals surface area contributed by atoms with Crippen molar-refractivity contribution in [3.05, 3.63) is 35.9 Å². The van der Waals surface area contributed by atoms with Crippen LogP contribution in [0.5, 0.6) is 0 Å². The van der Waals surface area contributed by atoms with E-state index < -0.39 is 29.5 Å². The number of ether oxygens (including phenoxy) is 2. The molecule has 0 bridgehead atoms. The second-order valence-corrected chi connectivity index (χ2v) is 3.73. The number of alkyl halides is 2. The van der Waals surface area contributed by atoms with E-state index >= 15 is 0 Å². The maximum absolute atomic E-state index is 14.2. The van der Waals surface area contributed by atoms with Gasteiger partial charge in [0.05, 0.1) is 6.61 Å². The summed E-state index contributed by atoms with van der Waals surface area (Å²) in [6, 6.07) is 6.66. The fourth-order valence-electron chi connectivity index (χ4n) is 1.47. The van der Waals surface area contributed by atoms with Crippen LogP contribution in [0.2, 0.25) is 0 Å². The Balaban J connectivity index is 3.08. The lowest BCUT2D eigenvalue weighted by atomic mass is 10.0. The van der Waals surface area contributed by atoms with Gasteiger partial charge in [0.15, 0.2) is 0 Å². The first-order valence-corrected chi connectivity index (χ1v) is 5.66. The van der Waals surface area contributed by atoms with Crippen molar-refractivity contribution in [1.29, 1.82) is 0 Å². The molecule has 1 aromatic rings. The minimum atomic E-state index is -3.65. The molecular formula is C13H14F2O4. The highest BCUT2D eigenvalue weighted by atomic mass is 19.3. The van der Waals surface area contributed by atoms with Crippen molar-refractivity contribution in [2.45, 2.75) is 25.9 Å². The van der Waals surface area contributed by atoms with Gasteiger partial charge in [-0.15, -0.1) is 0 Å². The molecule has 0 aliphatic carbocycles. The Morgan fingerprint density at radius 1 is 1.26 bits per heavy atom. The van der Waals surface area contributed by atoms with Gasteiger partial charge in [-0.3, -0.25) is 4.79 Å². The Morgan fingerprint density at radius 3 is 2.32 bits per heavy atom. The fourth-order valence-corrected chi connectivity index (χ4v) is 1.47. The summed E-state index contributed by atoms with van der Waals surface area (Å²) in [7, 11) is 0. The lowest BCUT2D eigenvalue weighted by Gasteiger charge is -2.24. The number of carbonyl (C=O) groups excluding carboxylic acids is 2. The van der Waals surface area contributed by atoms with Crippen LogP contribution in [0.15, 0.2) is 30.3 Å². The number of carbonyl (C=O) groups is 2. The van der Waals surface area contributed by atoms with Gasteiger partial charge in [-0.1, -0.05) is 30.3 Å². The molecule has 1 atom stereocenters. The molecule has 0 N–H and O–H groups in total. The third kappa shape index (κ3) is 3.74. The SMILES string of the molecule is CCOC(=O)C(OC(C)=O)C(F)(F)c1ccccc1. The lowest BCUT2D eigenvalue weighted by molar-refractivity contribution is -0.195. The Labute approximate surface area is 109 Å². The Hall–Kier alpha value is -1.98. The number of hydrogen-bond acceptors (Lipinski definition) is 4. The summed E-state index contributed by atoms with van der Waals surface area (Å²) in [4.78, 5) is 22.4. The molecule has 4 nitrogen and oxygen atoms in total. The van der Waals surface area contributed by atoms with Gasteiger partial charge < -0.3 is 9.47 Å². The molecule has 0 aromatic heterocycles. The number of rotatable bonds is 5. The van der Waals surface area contributed by atoms with Crippen LogP contribution in [-0.4, -0.2) is 24.6 Å². The standard InChI is InChI=1S/C13H14F2O4/c1-3-18-12(17)11(19-9(2)16)13(14,15)10-7-5-4-6-8-10/h4-8,11H,3H2,1-2H3. The summed E-state index contributed by atoms with van der Waals surface area (Å²) in [5.41, 5.74) is -0.422. The molecule has 0 spiro atoms. The van der Waals surface area contributed by atoms with E-state index in [1.165, 1.54) is 19.1 Å². The predicted octanol–water partition coefficient (Wildman–Crippen LogP) is 2.27. The first kappa shape index (κ1) is 15.1. The van der Waals surface area contributed by atoms with Crippen LogP contribution in [0, 0.1) is 0 Å². The van der Waals surface area contributed by atoms with E-state index in [9.17, 15) is 18.4 Å². The first-order valence-electron chi connectivity index (χ1n) is 5.66. The zero-order valence-electron chi connectivity index (χ0n) is 10.6. The molecule has 1 rings (SSSR count). The molecule has 19 heavy (non-hydrogen) atoms. The Bertz CT molecular complexity index is 445. The fraction of sp³-hybridized carbons (Fsp3) is 0.385. The molecule has 0 saturated carbocycles. The van der Waals surface area contributed by atoms with Gasteiger partial charge in [0.25, 0.3) is 6.10 Å². The number of benzene rings is 1. The molecule has 6 heteroatoms. The third-order valence-electron chi connectivity index (χ3n) is 2.27. The van der Waals surface area contributed by atoms with Gasteiger partial charge in [0.2, 0.25) is 0 Å². The summed E-state index contributed by atoms with van der Waals surface area (Å²) in [6.07, 6.45) is -2.28. The molecule has 0 fully saturated rings. The summed E-state index contributed by atoms with van der Waals surface area (Å²) < 4.78 is 37.3. The zero-order valence-corrected chi connectivity index (χ0v) is 10.6. The molecule has 0 heterocycles. The van der Waals surface area contributed by atoms with E-state index in [0.717, 1.165) is 19.1 Å². The van der Waals surface area contributed by atoms with E-state index in [0.29, 0.717) is 0 Å². The van der Waals surface area contributed by atoms with Gasteiger partial charge >= 0.3 is 17.9 Å². The van der Waals surface area contributed by atoms with Crippen LogP contribution in [0.1, 0.15) is 19.4 Å². The third-order valence-corrected chi connectivity index (χ3v) is 2.27. The highest BCUT2D eigenvalue weighted by Crippen LogP contribution is 2.34. The van der Waals surface area contributed by atoms with Crippen molar-refractivity contribution in [1.82, 2.24) is 0 Å². The maximum Gasteiger partial charge on any atom is 0.354 e. The Morgan fingerprint density at radius 2 is 1.84 bits per heavy atom. The van der Waals surface area contributed by atoms with Crippen molar-refractivity contribution < 1.29 is 27.8 Å². The molecule has 0 aliphatic rings. The highest BCUT2D eigenvalue weighted by molar-refractivity contribution is 5.80. The summed E-state index contributed by atoms with van der Waals surface area (Å²) in [5.74, 6) is -5.90. The molecular weight excluding hydrogens is 258 g/mol. The lowest BCUT2D eigenvalue weighted by Crippen LogP contribution is -2.42. The largest absolute Gasteiger partial charge is 0.463 e. The monoisotopic (exact) mass is 272 g/mol. The first-order chi connectivity index (χ1) is 8.89. The van der Waals surface area contributed by atoms with Crippen LogP contribution < -0.4 is 0 Å². The number of esters is 2. The van der Waals surface area contributed by atoms with Crippen LogP contribution in [-0.2, 0) is 25.0 Å². The van der Waals surface area contributed by atoms with Gasteiger partial charge in [-0.05, 0) is 6.92 Å². The van der Waals surface area contributed by atoms with Crippen LogP contribution >= 0.6 is 0 Å². The molecule has 0 amide bonds. The smallest absolute Gasteiger partial charge is 0.354 e. The zero-order chi connectivity index (χ0) is 14.5. The number of hydrogen-bond donors (Lipinski definition) is 0.